The van der Waals surface area contributed by atoms with Crippen molar-refractivity contribution in [3.8, 4) is 5.69 Å². The average Bonchev–Trinajstić information content (AvgIpc) is 3.58. The molecule has 8 nitrogen and oxygen atoms in total. The third kappa shape index (κ3) is 3.73. The summed E-state index contributed by atoms with van der Waals surface area (Å²) < 4.78 is 39.3. The van der Waals surface area contributed by atoms with Gasteiger partial charge in [0.05, 0.1) is 34.4 Å². The van der Waals surface area contributed by atoms with Crippen LogP contribution in [0, 0.1) is 5.82 Å². The van der Waals surface area contributed by atoms with Crippen molar-refractivity contribution in [2.24, 2.45) is 0 Å². The Morgan fingerprint density at radius 1 is 1.06 bits per heavy atom. The molecule has 1 aliphatic rings. The van der Waals surface area contributed by atoms with Crippen molar-refractivity contribution in [3.05, 3.63) is 78.1 Å². The fraction of sp³-hybridized carbons (Fsp3) is 0.182. The molecule has 32 heavy (non-hydrogen) atoms. The molecule has 3 heterocycles. The van der Waals surface area contributed by atoms with Gasteiger partial charge in [0.25, 0.3) is 5.91 Å². The van der Waals surface area contributed by atoms with Crippen LogP contribution < -0.4 is 5.32 Å². The number of hydrogen-bond acceptors (Lipinski definition) is 6. The Morgan fingerprint density at radius 3 is 2.53 bits per heavy atom. The Morgan fingerprint density at radius 2 is 1.84 bits per heavy atom. The standard InChI is InChI=1S/C22H18FN5O3S/c23-15-2-4-16(5-3-15)28-20-13-24-11-19(18(20)12-27-28)22(29)26-10-14-1-8-21(25-9-14)32(30,31)17-6-7-17/h1-5,8-9,11-13,17H,6-7,10H2,(H,26,29). The van der Waals surface area contributed by atoms with Crippen molar-refractivity contribution in [3.63, 3.8) is 0 Å². The van der Waals surface area contributed by atoms with E-state index in [-0.39, 0.29) is 28.5 Å². The number of carbonyl (C=O) groups is 1. The molecule has 0 atom stereocenters. The molecule has 1 saturated carbocycles. The van der Waals surface area contributed by atoms with Gasteiger partial charge in [0, 0.05) is 24.3 Å². The van der Waals surface area contributed by atoms with Gasteiger partial charge in [-0.2, -0.15) is 5.10 Å². The first-order valence-electron chi connectivity index (χ1n) is 9.98. The van der Waals surface area contributed by atoms with Crippen LogP contribution in [0.5, 0.6) is 0 Å². The van der Waals surface area contributed by atoms with Crippen molar-refractivity contribution >= 4 is 26.6 Å². The third-order valence-electron chi connectivity index (χ3n) is 5.32. The number of halogens is 1. The van der Waals surface area contributed by atoms with E-state index in [9.17, 15) is 17.6 Å². The number of carbonyl (C=O) groups excluding carboxylic acids is 1. The molecule has 0 bridgehead atoms. The summed E-state index contributed by atoms with van der Waals surface area (Å²) in [7, 11) is -3.34. The maximum Gasteiger partial charge on any atom is 0.253 e. The second-order valence-corrected chi connectivity index (χ2v) is 9.76. The van der Waals surface area contributed by atoms with E-state index in [1.807, 2.05) is 0 Å². The molecule has 0 spiro atoms. The summed E-state index contributed by atoms with van der Waals surface area (Å²) in [6, 6.07) is 8.98. The number of aromatic nitrogens is 4. The molecule has 1 aromatic carbocycles. The summed E-state index contributed by atoms with van der Waals surface area (Å²) in [6.07, 6.45) is 7.43. The van der Waals surface area contributed by atoms with Crippen molar-refractivity contribution in [2.45, 2.75) is 29.7 Å². The molecule has 1 fully saturated rings. The van der Waals surface area contributed by atoms with Gasteiger partial charge in [0.1, 0.15) is 5.82 Å². The van der Waals surface area contributed by atoms with Crippen molar-refractivity contribution < 1.29 is 17.6 Å². The molecule has 3 aromatic heterocycles. The van der Waals surface area contributed by atoms with Crippen LogP contribution >= 0.6 is 0 Å². The lowest BCUT2D eigenvalue weighted by Crippen LogP contribution is -2.23. The highest BCUT2D eigenvalue weighted by molar-refractivity contribution is 7.92. The van der Waals surface area contributed by atoms with Gasteiger partial charge in [0.2, 0.25) is 0 Å². The molecule has 0 unspecified atom stereocenters. The van der Waals surface area contributed by atoms with Gasteiger partial charge in [-0.1, -0.05) is 6.07 Å². The lowest BCUT2D eigenvalue weighted by molar-refractivity contribution is 0.0952. The van der Waals surface area contributed by atoms with Crippen LogP contribution in [0.4, 0.5) is 4.39 Å². The Labute approximate surface area is 183 Å². The van der Waals surface area contributed by atoms with Gasteiger partial charge >= 0.3 is 0 Å². The maximum absolute atomic E-state index is 13.2. The van der Waals surface area contributed by atoms with Gasteiger partial charge in [-0.05, 0) is 48.7 Å². The number of nitrogens with zero attached hydrogens (tertiary/aromatic N) is 4. The number of nitrogens with one attached hydrogen (secondary N) is 1. The predicted octanol–water partition coefficient (Wildman–Crippen LogP) is 2.82. The fourth-order valence-corrected chi connectivity index (χ4v) is 4.98. The largest absolute Gasteiger partial charge is 0.348 e. The minimum Gasteiger partial charge on any atom is -0.348 e. The Kier molecular flexibility index (Phi) is 4.93. The summed E-state index contributed by atoms with van der Waals surface area (Å²) in [5, 5.41) is 7.47. The van der Waals surface area contributed by atoms with Crippen molar-refractivity contribution in [1.82, 2.24) is 25.1 Å². The second kappa shape index (κ2) is 7.79. The topological polar surface area (TPSA) is 107 Å². The van der Waals surface area contributed by atoms with Gasteiger partial charge in [-0.3, -0.25) is 9.78 Å². The number of amides is 1. The number of sulfone groups is 1. The first kappa shape index (κ1) is 20.3. The minimum absolute atomic E-state index is 0.0669. The zero-order chi connectivity index (χ0) is 22.3. The smallest absolute Gasteiger partial charge is 0.253 e. The summed E-state index contributed by atoms with van der Waals surface area (Å²) >= 11 is 0. The minimum atomic E-state index is -3.34. The van der Waals surface area contributed by atoms with Gasteiger partial charge in [0.15, 0.2) is 14.9 Å². The predicted molar refractivity (Wildman–Crippen MR) is 114 cm³/mol. The van der Waals surface area contributed by atoms with E-state index in [2.05, 4.69) is 20.4 Å². The molecule has 4 aromatic rings. The Balaban J connectivity index is 1.33. The number of hydrogen-bond donors (Lipinski definition) is 1. The lowest BCUT2D eigenvalue weighted by Gasteiger charge is -2.08. The maximum atomic E-state index is 13.2. The van der Waals surface area contributed by atoms with Crippen molar-refractivity contribution in [2.75, 3.05) is 0 Å². The molecular weight excluding hydrogens is 433 g/mol. The zero-order valence-electron chi connectivity index (χ0n) is 16.8. The van der Waals surface area contributed by atoms with Crippen LogP contribution in [0.2, 0.25) is 0 Å². The highest BCUT2D eigenvalue weighted by Gasteiger charge is 2.37. The van der Waals surface area contributed by atoms with Crippen LogP contribution in [0.15, 0.2) is 66.2 Å². The molecule has 5 rings (SSSR count). The van der Waals surface area contributed by atoms with Crippen LogP contribution in [0.3, 0.4) is 0 Å². The molecule has 0 radical (unpaired) electrons. The first-order chi connectivity index (χ1) is 15.4. The fourth-order valence-electron chi connectivity index (χ4n) is 3.42. The molecule has 10 heteroatoms. The van der Waals surface area contributed by atoms with E-state index in [4.69, 9.17) is 0 Å². The highest BCUT2D eigenvalue weighted by Crippen LogP contribution is 2.32. The molecule has 1 aliphatic carbocycles. The quantitative estimate of drug-likeness (QED) is 0.483. The number of fused-ring (bicyclic) bond motifs is 1. The summed E-state index contributed by atoms with van der Waals surface area (Å²) in [4.78, 5) is 21.0. The summed E-state index contributed by atoms with van der Waals surface area (Å²) in [5.74, 6) is -0.701. The van der Waals surface area contributed by atoms with E-state index >= 15 is 0 Å². The third-order valence-corrected chi connectivity index (χ3v) is 7.49. The van der Waals surface area contributed by atoms with E-state index in [1.54, 1.807) is 35.3 Å². The normalized spacial score (nSPS) is 13.9. The first-order valence-corrected chi connectivity index (χ1v) is 11.5. The molecule has 162 valence electrons. The summed E-state index contributed by atoms with van der Waals surface area (Å²) in [6.45, 7) is 0.179. The van der Waals surface area contributed by atoms with Crippen LogP contribution in [0.1, 0.15) is 28.8 Å². The van der Waals surface area contributed by atoms with Crippen LogP contribution in [-0.2, 0) is 16.4 Å². The molecule has 1 N–H and O–H groups in total. The van der Waals surface area contributed by atoms with Gasteiger partial charge < -0.3 is 5.32 Å². The monoisotopic (exact) mass is 451 g/mol. The molecular formula is C22H18FN5O3S. The SMILES string of the molecule is O=C(NCc1ccc(S(=O)(=O)C2CC2)nc1)c1cncc2c1cnn2-c1ccc(F)cc1. The molecule has 1 amide bonds. The molecule has 0 aliphatic heterocycles. The van der Waals surface area contributed by atoms with Crippen LogP contribution in [0.25, 0.3) is 16.6 Å². The number of benzene rings is 1. The summed E-state index contributed by atoms with van der Waals surface area (Å²) in [5.41, 5.74) is 2.28. The van der Waals surface area contributed by atoms with Crippen LogP contribution in [-0.4, -0.2) is 39.3 Å². The lowest BCUT2D eigenvalue weighted by atomic mass is 10.1. The van der Waals surface area contributed by atoms with E-state index in [1.165, 1.54) is 30.6 Å². The number of rotatable bonds is 6. The molecule has 0 saturated heterocycles. The van der Waals surface area contributed by atoms with E-state index in [0.717, 1.165) is 0 Å². The van der Waals surface area contributed by atoms with E-state index < -0.39 is 9.84 Å². The Hall–Kier alpha value is -3.66. The number of pyridine rings is 2. The van der Waals surface area contributed by atoms with Gasteiger partial charge in [-0.15, -0.1) is 0 Å². The average molecular weight is 451 g/mol. The van der Waals surface area contributed by atoms with E-state index in [0.29, 0.717) is 40.6 Å². The second-order valence-electron chi connectivity index (χ2n) is 7.58. The zero-order valence-corrected chi connectivity index (χ0v) is 17.6. The van der Waals surface area contributed by atoms with Crippen molar-refractivity contribution in [1.29, 1.82) is 0 Å². The van der Waals surface area contributed by atoms with Gasteiger partial charge in [-0.25, -0.2) is 22.5 Å². The Bertz CT molecular complexity index is 1410. The highest BCUT2D eigenvalue weighted by atomic mass is 32.2.